The Labute approximate surface area is 135 Å². The van der Waals surface area contributed by atoms with Crippen molar-refractivity contribution in [2.45, 2.75) is 31.9 Å². The van der Waals surface area contributed by atoms with Crippen LogP contribution in [-0.2, 0) is 16.1 Å². The molecule has 5 heteroatoms. The molecule has 3 fully saturated rings. The van der Waals surface area contributed by atoms with Gasteiger partial charge < -0.3 is 10.1 Å². The summed E-state index contributed by atoms with van der Waals surface area (Å²) in [7, 11) is 0. The SMILES string of the molecule is O=C(NCC1CC1)[C@@H]1CN(Cc2ccsc2)C[C@H]2OCC[C@H]21. The zero-order valence-corrected chi connectivity index (χ0v) is 13.7. The number of nitrogens with zero attached hydrogens (tertiary/aromatic N) is 1. The van der Waals surface area contributed by atoms with Gasteiger partial charge in [0.15, 0.2) is 0 Å². The standard InChI is InChI=1S/C17H24N2O2S/c20-17(18-7-12-1-2-12)15-9-19(8-13-4-6-22-11-13)10-16-14(15)3-5-21-16/h4,6,11-12,14-16H,1-3,5,7-10H2,(H,18,20)/t14-,15+,16+/m0/s1. The minimum absolute atomic E-state index is 0.0960. The van der Waals surface area contributed by atoms with Crippen LogP contribution in [0.15, 0.2) is 16.8 Å². The third-order valence-corrected chi connectivity index (χ3v) is 5.99. The van der Waals surface area contributed by atoms with Crippen LogP contribution in [0, 0.1) is 17.8 Å². The summed E-state index contributed by atoms with van der Waals surface area (Å²) >= 11 is 1.74. The number of hydrogen-bond donors (Lipinski definition) is 1. The highest BCUT2D eigenvalue weighted by Gasteiger charge is 2.44. The first-order valence-corrected chi connectivity index (χ1v) is 9.36. The zero-order chi connectivity index (χ0) is 14.9. The number of hydrogen-bond acceptors (Lipinski definition) is 4. The van der Waals surface area contributed by atoms with Crippen molar-refractivity contribution in [2.75, 3.05) is 26.2 Å². The molecule has 22 heavy (non-hydrogen) atoms. The molecule has 0 aromatic carbocycles. The van der Waals surface area contributed by atoms with Crippen LogP contribution in [0.25, 0.3) is 0 Å². The van der Waals surface area contributed by atoms with E-state index < -0.39 is 0 Å². The molecule has 3 atom stereocenters. The van der Waals surface area contributed by atoms with E-state index in [4.69, 9.17) is 4.74 Å². The Balaban J connectivity index is 1.41. The van der Waals surface area contributed by atoms with Gasteiger partial charge in [-0.2, -0.15) is 11.3 Å². The van der Waals surface area contributed by atoms with E-state index in [0.29, 0.717) is 5.92 Å². The average Bonchev–Trinajstić information content (AvgIpc) is 2.98. The lowest BCUT2D eigenvalue weighted by molar-refractivity contribution is -0.131. The Morgan fingerprint density at radius 3 is 3.05 bits per heavy atom. The molecular formula is C17H24N2O2S. The van der Waals surface area contributed by atoms with E-state index in [-0.39, 0.29) is 17.9 Å². The van der Waals surface area contributed by atoms with E-state index in [9.17, 15) is 4.79 Å². The van der Waals surface area contributed by atoms with E-state index >= 15 is 0 Å². The summed E-state index contributed by atoms with van der Waals surface area (Å²) < 4.78 is 5.91. The van der Waals surface area contributed by atoms with E-state index in [1.807, 2.05) is 0 Å². The van der Waals surface area contributed by atoms with Gasteiger partial charge in [-0.1, -0.05) is 0 Å². The topological polar surface area (TPSA) is 41.6 Å². The van der Waals surface area contributed by atoms with Crippen LogP contribution >= 0.6 is 11.3 Å². The van der Waals surface area contributed by atoms with Crippen LogP contribution in [-0.4, -0.2) is 43.2 Å². The molecule has 1 saturated carbocycles. The molecule has 0 radical (unpaired) electrons. The number of likely N-dealkylation sites (tertiary alicyclic amines) is 1. The van der Waals surface area contributed by atoms with Gasteiger partial charge in [-0.3, -0.25) is 9.69 Å². The first kappa shape index (κ1) is 14.7. The van der Waals surface area contributed by atoms with Gasteiger partial charge in [0.25, 0.3) is 0 Å². The molecular weight excluding hydrogens is 296 g/mol. The lowest BCUT2D eigenvalue weighted by atomic mass is 9.82. The van der Waals surface area contributed by atoms with Gasteiger partial charge in [-0.15, -0.1) is 0 Å². The number of nitrogens with one attached hydrogen (secondary N) is 1. The summed E-state index contributed by atoms with van der Waals surface area (Å²) in [6, 6.07) is 2.18. The van der Waals surface area contributed by atoms with E-state index in [1.54, 1.807) is 11.3 Å². The fourth-order valence-electron chi connectivity index (χ4n) is 3.80. The molecule has 1 N–H and O–H groups in total. The third-order valence-electron chi connectivity index (χ3n) is 5.26. The van der Waals surface area contributed by atoms with Crippen LogP contribution in [0.3, 0.4) is 0 Å². The Morgan fingerprint density at radius 2 is 2.27 bits per heavy atom. The zero-order valence-electron chi connectivity index (χ0n) is 12.9. The van der Waals surface area contributed by atoms with Crippen molar-refractivity contribution in [3.05, 3.63) is 22.4 Å². The summed E-state index contributed by atoms with van der Waals surface area (Å²) in [5.41, 5.74) is 1.35. The highest BCUT2D eigenvalue weighted by molar-refractivity contribution is 7.07. The van der Waals surface area contributed by atoms with Crippen LogP contribution in [0.5, 0.6) is 0 Å². The molecule has 3 aliphatic rings. The van der Waals surface area contributed by atoms with Gasteiger partial charge in [0.05, 0.1) is 12.0 Å². The summed E-state index contributed by atoms with van der Waals surface area (Å²) in [6.45, 7) is 4.46. The molecule has 1 amide bonds. The maximum absolute atomic E-state index is 12.6. The lowest BCUT2D eigenvalue weighted by Gasteiger charge is -2.39. The van der Waals surface area contributed by atoms with Crippen molar-refractivity contribution in [3.63, 3.8) is 0 Å². The minimum atomic E-state index is 0.0960. The largest absolute Gasteiger partial charge is 0.377 e. The molecule has 0 spiro atoms. The first-order valence-electron chi connectivity index (χ1n) is 8.42. The Bertz CT molecular complexity index is 515. The van der Waals surface area contributed by atoms with Crippen molar-refractivity contribution in [3.8, 4) is 0 Å². The van der Waals surface area contributed by atoms with Crippen molar-refractivity contribution >= 4 is 17.2 Å². The van der Waals surface area contributed by atoms with Gasteiger partial charge in [0.1, 0.15) is 0 Å². The molecule has 3 heterocycles. The number of carbonyl (C=O) groups is 1. The minimum Gasteiger partial charge on any atom is -0.377 e. The van der Waals surface area contributed by atoms with Gasteiger partial charge in [-0.05, 0) is 47.6 Å². The predicted molar refractivity (Wildman–Crippen MR) is 86.7 cm³/mol. The molecule has 0 unspecified atom stereocenters. The summed E-state index contributed by atoms with van der Waals surface area (Å²) in [5.74, 6) is 1.50. The van der Waals surface area contributed by atoms with Crippen LogP contribution in [0.2, 0.25) is 0 Å². The molecule has 2 aliphatic heterocycles. The second-order valence-corrected chi connectivity index (χ2v) is 7.76. The molecule has 0 bridgehead atoms. The Hall–Kier alpha value is -0.910. The van der Waals surface area contributed by atoms with Gasteiger partial charge in [0.2, 0.25) is 5.91 Å². The van der Waals surface area contributed by atoms with Crippen molar-refractivity contribution < 1.29 is 9.53 Å². The van der Waals surface area contributed by atoms with E-state index in [2.05, 4.69) is 27.0 Å². The van der Waals surface area contributed by atoms with E-state index in [1.165, 1.54) is 18.4 Å². The van der Waals surface area contributed by atoms with Gasteiger partial charge in [0, 0.05) is 38.7 Å². The second kappa shape index (κ2) is 6.30. The van der Waals surface area contributed by atoms with Gasteiger partial charge >= 0.3 is 0 Å². The number of piperidine rings is 1. The molecule has 1 aliphatic carbocycles. The monoisotopic (exact) mass is 320 g/mol. The Kier molecular flexibility index (Phi) is 4.20. The first-order chi connectivity index (χ1) is 10.8. The number of carbonyl (C=O) groups excluding carboxylic acids is 1. The van der Waals surface area contributed by atoms with Crippen LogP contribution in [0.4, 0.5) is 0 Å². The maximum Gasteiger partial charge on any atom is 0.224 e. The van der Waals surface area contributed by atoms with Crippen LogP contribution in [0.1, 0.15) is 24.8 Å². The lowest BCUT2D eigenvalue weighted by Crippen LogP contribution is -2.52. The molecule has 4 rings (SSSR count). The number of ether oxygens (including phenoxy) is 1. The van der Waals surface area contributed by atoms with Crippen molar-refractivity contribution in [1.29, 1.82) is 0 Å². The highest BCUT2D eigenvalue weighted by atomic mass is 32.1. The van der Waals surface area contributed by atoms with Crippen molar-refractivity contribution in [2.24, 2.45) is 17.8 Å². The third kappa shape index (κ3) is 3.21. The number of fused-ring (bicyclic) bond motifs is 1. The maximum atomic E-state index is 12.6. The fraction of sp³-hybridized carbons (Fsp3) is 0.706. The Morgan fingerprint density at radius 1 is 1.36 bits per heavy atom. The smallest absolute Gasteiger partial charge is 0.224 e. The quantitative estimate of drug-likeness (QED) is 0.903. The number of amides is 1. The highest BCUT2D eigenvalue weighted by Crippen LogP contribution is 2.35. The molecule has 1 aromatic heterocycles. The van der Waals surface area contributed by atoms with E-state index in [0.717, 1.165) is 45.1 Å². The fourth-order valence-corrected chi connectivity index (χ4v) is 4.46. The molecule has 120 valence electrons. The normalized spacial score (nSPS) is 31.9. The number of thiophene rings is 1. The summed E-state index contributed by atoms with van der Waals surface area (Å²) in [6.07, 6.45) is 3.84. The molecule has 1 aromatic rings. The van der Waals surface area contributed by atoms with Crippen LogP contribution < -0.4 is 5.32 Å². The van der Waals surface area contributed by atoms with Gasteiger partial charge in [-0.25, -0.2) is 0 Å². The molecule has 4 nitrogen and oxygen atoms in total. The summed E-state index contributed by atoms with van der Waals surface area (Å²) in [5, 5.41) is 7.50. The second-order valence-electron chi connectivity index (χ2n) is 6.98. The number of rotatable bonds is 5. The average molecular weight is 320 g/mol. The summed E-state index contributed by atoms with van der Waals surface area (Å²) in [4.78, 5) is 15.0. The van der Waals surface area contributed by atoms with Crippen molar-refractivity contribution in [1.82, 2.24) is 10.2 Å². The predicted octanol–water partition coefficient (Wildman–Crippen LogP) is 2.11. The molecule has 2 saturated heterocycles.